The number of para-hydroxylation sites is 1. The van der Waals surface area contributed by atoms with E-state index in [1.807, 2.05) is 49.4 Å². The summed E-state index contributed by atoms with van der Waals surface area (Å²) >= 11 is 0. The van der Waals surface area contributed by atoms with Crippen LogP contribution in [0.3, 0.4) is 0 Å². The van der Waals surface area contributed by atoms with Crippen LogP contribution in [0.4, 0.5) is 0 Å². The van der Waals surface area contributed by atoms with Gasteiger partial charge in [0, 0.05) is 12.1 Å². The topological polar surface area (TPSA) is 38.3 Å². The van der Waals surface area contributed by atoms with Crippen LogP contribution in [0.2, 0.25) is 0 Å². The molecule has 1 N–H and O–H groups in total. The minimum atomic E-state index is -0.0870. The van der Waals surface area contributed by atoms with Gasteiger partial charge in [-0.25, -0.2) is 0 Å². The van der Waals surface area contributed by atoms with Crippen molar-refractivity contribution in [3.8, 4) is 11.5 Å². The molecule has 0 unspecified atom stereocenters. The first-order valence-corrected chi connectivity index (χ1v) is 5.91. The third-order valence-electron chi connectivity index (χ3n) is 2.41. The van der Waals surface area contributed by atoms with Crippen LogP contribution in [0, 0.1) is 0 Å². The molecule has 2 rings (SSSR count). The number of carbonyl (C=O) groups is 1. The number of carbonyl (C=O) groups excluding carboxylic acids is 1. The molecule has 0 aliphatic rings. The van der Waals surface area contributed by atoms with Crippen molar-refractivity contribution in [2.24, 2.45) is 0 Å². The van der Waals surface area contributed by atoms with Crippen molar-refractivity contribution in [1.29, 1.82) is 0 Å². The summed E-state index contributed by atoms with van der Waals surface area (Å²) in [5, 5.41) is 2.76. The van der Waals surface area contributed by atoms with E-state index in [2.05, 4.69) is 5.32 Å². The molecule has 0 atom stereocenters. The van der Waals surface area contributed by atoms with Gasteiger partial charge >= 0.3 is 0 Å². The van der Waals surface area contributed by atoms with Gasteiger partial charge in [0.2, 0.25) is 0 Å². The van der Waals surface area contributed by atoms with Gasteiger partial charge in [-0.1, -0.05) is 24.3 Å². The van der Waals surface area contributed by atoms with E-state index >= 15 is 0 Å². The molecule has 0 aliphatic heterocycles. The summed E-state index contributed by atoms with van der Waals surface area (Å²) in [4.78, 5) is 11.7. The summed E-state index contributed by atoms with van der Waals surface area (Å²) < 4.78 is 5.67. The molecule has 0 spiro atoms. The zero-order valence-electron chi connectivity index (χ0n) is 10.2. The zero-order chi connectivity index (χ0) is 12.8. The van der Waals surface area contributed by atoms with Gasteiger partial charge in [0.05, 0.1) is 0 Å². The summed E-state index contributed by atoms with van der Waals surface area (Å²) in [5.74, 6) is 1.33. The molecule has 1 amide bonds. The van der Waals surface area contributed by atoms with Gasteiger partial charge in [-0.15, -0.1) is 0 Å². The molecular formula is C15H15NO2. The van der Waals surface area contributed by atoms with Crippen LogP contribution in [0.15, 0.2) is 54.6 Å². The van der Waals surface area contributed by atoms with Gasteiger partial charge in [0.15, 0.2) is 0 Å². The molecule has 0 bridgehead atoms. The lowest BCUT2D eigenvalue weighted by Gasteiger charge is -2.07. The number of nitrogens with one attached hydrogen (secondary N) is 1. The summed E-state index contributed by atoms with van der Waals surface area (Å²) in [6.07, 6.45) is 0. The molecule has 0 aliphatic carbocycles. The maximum absolute atomic E-state index is 11.7. The lowest BCUT2D eigenvalue weighted by molar-refractivity contribution is 0.0955. The monoisotopic (exact) mass is 241 g/mol. The number of ether oxygens (including phenoxy) is 1. The van der Waals surface area contributed by atoms with Crippen LogP contribution < -0.4 is 10.1 Å². The Bertz CT molecular complexity index is 523. The molecular weight excluding hydrogens is 226 g/mol. The number of hydrogen-bond donors (Lipinski definition) is 1. The minimum Gasteiger partial charge on any atom is -0.457 e. The molecule has 92 valence electrons. The highest BCUT2D eigenvalue weighted by atomic mass is 16.5. The number of hydrogen-bond acceptors (Lipinski definition) is 2. The van der Waals surface area contributed by atoms with Gasteiger partial charge in [-0.3, -0.25) is 4.79 Å². The number of rotatable bonds is 4. The molecule has 0 aromatic heterocycles. The van der Waals surface area contributed by atoms with Crippen LogP contribution in [-0.2, 0) is 0 Å². The van der Waals surface area contributed by atoms with Gasteiger partial charge < -0.3 is 10.1 Å². The van der Waals surface area contributed by atoms with Crippen LogP contribution in [0.1, 0.15) is 17.3 Å². The largest absolute Gasteiger partial charge is 0.457 e. The first-order valence-electron chi connectivity index (χ1n) is 5.91. The zero-order valence-corrected chi connectivity index (χ0v) is 10.2. The first kappa shape index (κ1) is 12.2. The summed E-state index contributed by atoms with van der Waals surface area (Å²) in [5.41, 5.74) is 0.602. The molecule has 0 saturated carbocycles. The highest BCUT2D eigenvalue weighted by molar-refractivity contribution is 5.94. The fraction of sp³-hybridized carbons (Fsp3) is 0.133. The lowest BCUT2D eigenvalue weighted by atomic mass is 10.2. The Morgan fingerprint density at radius 2 is 1.78 bits per heavy atom. The first-order chi connectivity index (χ1) is 8.79. The molecule has 0 radical (unpaired) electrons. The smallest absolute Gasteiger partial charge is 0.251 e. The lowest BCUT2D eigenvalue weighted by Crippen LogP contribution is -2.22. The molecule has 0 heterocycles. The van der Waals surface area contributed by atoms with Crippen LogP contribution in [0.5, 0.6) is 11.5 Å². The standard InChI is InChI=1S/C15H15NO2/c1-2-16-15(17)12-7-6-10-14(11-12)18-13-8-4-3-5-9-13/h3-11H,2H2,1H3,(H,16,17). The molecule has 0 saturated heterocycles. The molecule has 3 nitrogen and oxygen atoms in total. The van der Waals surface area contributed by atoms with Crippen LogP contribution in [0.25, 0.3) is 0 Å². The minimum absolute atomic E-state index is 0.0870. The average Bonchev–Trinajstić information content (AvgIpc) is 2.40. The van der Waals surface area contributed by atoms with E-state index in [1.165, 1.54) is 0 Å². The molecule has 3 heteroatoms. The van der Waals surface area contributed by atoms with E-state index in [9.17, 15) is 4.79 Å². The SMILES string of the molecule is CCNC(=O)c1cccc(Oc2ccccc2)c1. The van der Waals surface area contributed by atoms with Crippen molar-refractivity contribution in [3.05, 3.63) is 60.2 Å². The Balaban J connectivity index is 2.15. The van der Waals surface area contributed by atoms with Crippen molar-refractivity contribution < 1.29 is 9.53 Å². The van der Waals surface area contributed by atoms with Gasteiger partial charge in [-0.05, 0) is 37.3 Å². The van der Waals surface area contributed by atoms with Crippen molar-refractivity contribution >= 4 is 5.91 Å². The highest BCUT2D eigenvalue weighted by Crippen LogP contribution is 2.21. The van der Waals surface area contributed by atoms with E-state index in [4.69, 9.17) is 4.74 Å². The van der Waals surface area contributed by atoms with E-state index < -0.39 is 0 Å². The second-order valence-corrected chi connectivity index (χ2v) is 3.80. The van der Waals surface area contributed by atoms with Crippen LogP contribution in [-0.4, -0.2) is 12.5 Å². The summed E-state index contributed by atoms with van der Waals surface area (Å²) in [7, 11) is 0. The molecule has 2 aromatic rings. The van der Waals surface area contributed by atoms with Crippen molar-refractivity contribution in [3.63, 3.8) is 0 Å². The molecule has 0 fully saturated rings. The maximum atomic E-state index is 11.7. The van der Waals surface area contributed by atoms with Crippen LogP contribution >= 0.6 is 0 Å². The Kier molecular flexibility index (Phi) is 3.97. The predicted molar refractivity (Wildman–Crippen MR) is 71.0 cm³/mol. The fourth-order valence-corrected chi connectivity index (χ4v) is 1.59. The normalized spacial score (nSPS) is 9.83. The number of benzene rings is 2. The quantitative estimate of drug-likeness (QED) is 0.892. The Hall–Kier alpha value is -2.29. The Morgan fingerprint density at radius 3 is 2.50 bits per heavy atom. The van der Waals surface area contributed by atoms with E-state index in [-0.39, 0.29) is 5.91 Å². The summed E-state index contributed by atoms with van der Waals surface area (Å²) in [6, 6.07) is 16.6. The van der Waals surface area contributed by atoms with Crippen molar-refractivity contribution in [2.75, 3.05) is 6.54 Å². The number of amides is 1. The average molecular weight is 241 g/mol. The van der Waals surface area contributed by atoms with E-state index in [1.54, 1.807) is 12.1 Å². The molecule has 18 heavy (non-hydrogen) atoms. The van der Waals surface area contributed by atoms with Crippen molar-refractivity contribution in [2.45, 2.75) is 6.92 Å². The maximum Gasteiger partial charge on any atom is 0.251 e. The fourth-order valence-electron chi connectivity index (χ4n) is 1.59. The predicted octanol–water partition coefficient (Wildman–Crippen LogP) is 3.23. The highest BCUT2D eigenvalue weighted by Gasteiger charge is 2.05. The van der Waals surface area contributed by atoms with E-state index in [0.717, 1.165) is 5.75 Å². The van der Waals surface area contributed by atoms with Gasteiger partial charge in [0.25, 0.3) is 5.91 Å². The third kappa shape index (κ3) is 3.10. The third-order valence-corrected chi connectivity index (χ3v) is 2.41. The Labute approximate surface area is 106 Å². The molecule has 2 aromatic carbocycles. The second kappa shape index (κ2) is 5.87. The van der Waals surface area contributed by atoms with Crippen molar-refractivity contribution in [1.82, 2.24) is 5.32 Å². The second-order valence-electron chi connectivity index (χ2n) is 3.80. The van der Waals surface area contributed by atoms with Gasteiger partial charge in [0.1, 0.15) is 11.5 Å². The van der Waals surface area contributed by atoms with Gasteiger partial charge in [-0.2, -0.15) is 0 Å². The Morgan fingerprint density at radius 1 is 1.06 bits per heavy atom. The summed E-state index contributed by atoms with van der Waals surface area (Å²) in [6.45, 7) is 2.50. The van der Waals surface area contributed by atoms with E-state index in [0.29, 0.717) is 17.9 Å².